The molecule has 0 unspecified atom stereocenters. The van der Waals surface area contributed by atoms with E-state index in [1.54, 1.807) is 18.2 Å². The fourth-order valence-corrected chi connectivity index (χ4v) is 3.81. The van der Waals surface area contributed by atoms with Crippen LogP contribution in [-0.4, -0.2) is 29.8 Å². The number of imide groups is 1. The van der Waals surface area contributed by atoms with E-state index in [0.29, 0.717) is 22.5 Å². The predicted molar refractivity (Wildman–Crippen MR) is 102 cm³/mol. The van der Waals surface area contributed by atoms with E-state index in [9.17, 15) is 14.0 Å². The molecule has 0 radical (unpaired) electrons. The van der Waals surface area contributed by atoms with E-state index in [2.05, 4.69) is 0 Å². The molecule has 4 nitrogen and oxygen atoms in total. The summed E-state index contributed by atoms with van der Waals surface area (Å²) in [5.74, 6) is -1.02. The lowest BCUT2D eigenvalue weighted by Gasteiger charge is -2.29. The van der Waals surface area contributed by atoms with Crippen molar-refractivity contribution in [3.8, 4) is 0 Å². The maximum absolute atomic E-state index is 13.4. The fraction of sp³-hybridized carbons (Fsp3) is 0.273. The summed E-state index contributed by atoms with van der Waals surface area (Å²) < 4.78 is 13.4. The zero-order valence-corrected chi connectivity index (χ0v) is 15.2. The molecule has 2 amide bonds. The number of anilines is 1. The minimum atomic E-state index is -0.369. The van der Waals surface area contributed by atoms with Gasteiger partial charge in [-0.25, -0.2) is 9.29 Å². The van der Waals surface area contributed by atoms with Crippen LogP contribution in [0.25, 0.3) is 5.57 Å². The summed E-state index contributed by atoms with van der Waals surface area (Å²) in [5.41, 5.74) is 2.92. The average molecular weight is 364 g/mol. The summed E-state index contributed by atoms with van der Waals surface area (Å²) in [4.78, 5) is 29.9. The molecule has 0 aliphatic carbocycles. The molecule has 0 saturated carbocycles. The maximum Gasteiger partial charge on any atom is 0.282 e. The number of benzene rings is 2. The van der Waals surface area contributed by atoms with Gasteiger partial charge in [0.25, 0.3) is 11.8 Å². The lowest BCUT2D eigenvalue weighted by molar-refractivity contribution is -0.120. The molecule has 0 N–H and O–H groups in total. The number of nitrogens with zero attached hydrogens (tertiary/aromatic N) is 2. The Bertz CT molecular complexity index is 928. The van der Waals surface area contributed by atoms with E-state index in [-0.39, 0.29) is 17.6 Å². The topological polar surface area (TPSA) is 40.6 Å². The first-order chi connectivity index (χ1) is 13.1. The van der Waals surface area contributed by atoms with Gasteiger partial charge in [0.2, 0.25) is 0 Å². The molecular formula is C22H21FN2O2. The van der Waals surface area contributed by atoms with Crippen molar-refractivity contribution in [1.29, 1.82) is 0 Å². The molecular weight excluding hydrogens is 343 g/mol. The van der Waals surface area contributed by atoms with Crippen LogP contribution in [0.5, 0.6) is 0 Å². The molecule has 2 aliphatic rings. The molecule has 2 aliphatic heterocycles. The maximum atomic E-state index is 13.4. The largest absolute Gasteiger partial charge is 0.366 e. The highest BCUT2D eigenvalue weighted by atomic mass is 19.1. The third-order valence-corrected chi connectivity index (χ3v) is 5.12. The van der Waals surface area contributed by atoms with Crippen molar-refractivity contribution in [1.82, 2.24) is 4.90 Å². The average Bonchev–Trinajstić information content (AvgIpc) is 2.93. The van der Waals surface area contributed by atoms with Gasteiger partial charge in [0.1, 0.15) is 11.5 Å². The predicted octanol–water partition coefficient (Wildman–Crippen LogP) is 3.90. The zero-order chi connectivity index (χ0) is 19.0. The van der Waals surface area contributed by atoms with Gasteiger partial charge in [-0.15, -0.1) is 0 Å². The molecule has 0 atom stereocenters. The van der Waals surface area contributed by atoms with Gasteiger partial charge in [0, 0.05) is 13.1 Å². The summed E-state index contributed by atoms with van der Waals surface area (Å²) in [6.07, 6.45) is 3.11. The standard InChI is InChI=1S/C22H21FN2O2/c1-15-6-5-7-18(14-15)25-21(26)19(16-8-10-17(23)11-9-16)20(22(25)27)24-12-3-2-4-13-24/h5-11,14H,2-4,12-13H2,1H3. The van der Waals surface area contributed by atoms with Gasteiger partial charge >= 0.3 is 0 Å². The van der Waals surface area contributed by atoms with Crippen molar-refractivity contribution in [3.63, 3.8) is 0 Å². The second kappa shape index (κ2) is 6.99. The van der Waals surface area contributed by atoms with Crippen molar-refractivity contribution < 1.29 is 14.0 Å². The van der Waals surface area contributed by atoms with Crippen LogP contribution in [-0.2, 0) is 9.59 Å². The summed E-state index contributed by atoms with van der Waals surface area (Å²) in [5, 5.41) is 0. The third kappa shape index (κ3) is 3.14. The van der Waals surface area contributed by atoms with E-state index >= 15 is 0 Å². The quantitative estimate of drug-likeness (QED) is 0.776. The summed E-state index contributed by atoms with van der Waals surface area (Å²) >= 11 is 0. The lowest BCUT2D eigenvalue weighted by Crippen LogP contribution is -2.37. The van der Waals surface area contributed by atoms with Gasteiger partial charge in [-0.1, -0.05) is 24.3 Å². The van der Waals surface area contributed by atoms with E-state index in [1.807, 2.05) is 30.0 Å². The van der Waals surface area contributed by atoms with Crippen LogP contribution in [0, 0.1) is 12.7 Å². The van der Waals surface area contributed by atoms with E-state index < -0.39 is 0 Å². The van der Waals surface area contributed by atoms with Crippen LogP contribution in [0.1, 0.15) is 30.4 Å². The van der Waals surface area contributed by atoms with Crippen LogP contribution >= 0.6 is 0 Å². The van der Waals surface area contributed by atoms with Crippen LogP contribution in [0.3, 0.4) is 0 Å². The molecule has 0 aromatic heterocycles. The summed E-state index contributed by atoms with van der Waals surface area (Å²) in [6, 6.07) is 13.1. The minimum absolute atomic E-state index is 0.299. The van der Waals surface area contributed by atoms with Gasteiger partial charge < -0.3 is 4.90 Å². The summed E-state index contributed by atoms with van der Waals surface area (Å²) in [7, 11) is 0. The van der Waals surface area contributed by atoms with Crippen molar-refractivity contribution in [3.05, 3.63) is 71.2 Å². The van der Waals surface area contributed by atoms with E-state index in [0.717, 1.165) is 37.9 Å². The van der Waals surface area contributed by atoms with Gasteiger partial charge in [0.15, 0.2) is 0 Å². The Kier molecular flexibility index (Phi) is 4.52. The van der Waals surface area contributed by atoms with Crippen LogP contribution in [0.15, 0.2) is 54.2 Å². The Morgan fingerprint density at radius 3 is 2.26 bits per heavy atom. The molecule has 4 rings (SSSR count). The van der Waals surface area contributed by atoms with Crippen molar-refractivity contribution in [2.24, 2.45) is 0 Å². The number of likely N-dealkylation sites (tertiary alicyclic amines) is 1. The molecule has 0 spiro atoms. The molecule has 138 valence electrons. The smallest absolute Gasteiger partial charge is 0.282 e. The molecule has 2 aromatic rings. The number of carbonyl (C=O) groups is 2. The highest BCUT2D eigenvalue weighted by Crippen LogP contribution is 2.36. The number of aryl methyl sites for hydroxylation is 1. The van der Waals surface area contributed by atoms with E-state index in [1.165, 1.54) is 17.0 Å². The van der Waals surface area contributed by atoms with Gasteiger partial charge in [-0.3, -0.25) is 9.59 Å². The highest BCUT2D eigenvalue weighted by molar-refractivity contribution is 6.45. The van der Waals surface area contributed by atoms with E-state index in [4.69, 9.17) is 0 Å². The Morgan fingerprint density at radius 1 is 0.889 bits per heavy atom. The number of hydrogen-bond donors (Lipinski definition) is 0. The Balaban J connectivity index is 1.83. The molecule has 2 aromatic carbocycles. The fourth-order valence-electron chi connectivity index (χ4n) is 3.81. The number of piperidine rings is 1. The monoisotopic (exact) mass is 364 g/mol. The van der Waals surface area contributed by atoms with Gasteiger partial charge in [-0.05, 0) is 61.6 Å². The first kappa shape index (κ1) is 17.5. The zero-order valence-electron chi connectivity index (χ0n) is 15.2. The van der Waals surface area contributed by atoms with Crippen LogP contribution in [0.4, 0.5) is 10.1 Å². The molecule has 2 heterocycles. The van der Waals surface area contributed by atoms with Crippen LogP contribution in [0.2, 0.25) is 0 Å². The molecule has 5 heteroatoms. The number of carbonyl (C=O) groups excluding carboxylic acids is 2. The second-order valence-corrected chi connectivity index (χ2v) is 7.06. The van der Waals surface area contributed by atoms with Crippen molar-refractivity contribution >= 4 is 23.1 Å². The van der Waals surface area contributed by atoms with Crippen LogP contribution < -0.4 is 4.90 Å². The summed E-state index contributed by atoms with van der Waals surface area (Å²) in [6.45, 7) is 3.43. The number of amides is 2. The van der Waals surface area contributed by atoms with Crippen molar-refractivity contribution in [2.45, 2.75) is 26.2 Å². The number of rotatable bonds is 3. The Hall–Kier alpha value is -2.95. The second-order valence-electron chi connectivity index (χ2n) is 7.06. The normalized spacial score (nSPS) is 17.9. The number of hydrogen-bond acceptors (Lipinski definition) is 3. The molecule has 1 fully saturated rings. The third-order valence-electron chi connectivity index (χ3n) is 5.12. The first-order valence-corrected chi connectivity index (χ1v) is 9.27. The Labute approximate surface area is 157 Å². The van der Waals surface area contributed by atoms with Crippen molar-refractivity contribution in [2.75, 3.05) is 18.0 Å². The van der Waals surface area contributed by atoms with Gasteiger partial charge in [0.05, 0.1) is 11.3 Å². The van der Waals surface area contributed by atoms with Gasteiger partial charge in [-0.2, -0.15) is 0 Å². The Morgan fingerprint density at radius 2 is 1.59 bits per heavy atom. The molecule has 0 bridgehead atoms. The number of halogens is 1. The minimum Gasteiger partial charge on any atom is -0.366 e. The first-order valence-electron chi connectivity index (χ1n) is 9.27. The lowest BCUT2D eigenvalue weighted by atomic mass is 10.0. The SMILES string of the molecule is Cc1cccc(N2C(=O)C(c3ccc(F)cc3)=C(N3CCCCC3)C2=O)c1. The molecule has 27 heavy (non-hydrogen) atoms. The molecule has 1 saturated heterocycles. The highest BCUT2D eigenvalue weighted by Gasteiger charge is 2.42.